The van der Waals surface area contributed by atoms with Crippen molar-refractivity contribution in [3.63, 3.8) is 0 Å². The molecule has 0 aliphatic heterocycles. The van der Waals surface area contributed by atoms with Crippen LogP contribution >= 0.6 is 0 Å². The number of carbonyl (C=O) groups is 2. The van der Waals surface area contributed by atoms with Gasteiger partial charge < -0.3 is 20.3 Å². The normalized spacial score (nSPS) is 12.7. The third kappa shape index (κ3) is 45.9. The summed E-state index contributed by atoms with van der Waals surface area (Å²) < 4.78 is 5.45. The molecule has 0 spiro atoms. The van der Waals surface area contributed by atoms with Crippen molar-refractivity contribution >= 4 is 11.9 Å². The number of allylic oxidation sites excluding steroid dienone is 2. The van der Waals surface area contributed by atoms with E-state index < -0.39 is 12.1 Å². The Kier molecular flexibility index (Phi) is 48.1. The first-order chi connectivity index (χ1) is 29.0. The number of amides is 1. The van der Waals surface area contributed by atoms with Gasteiger partial charge in [0.2, 0.25) is 5.91 Å². The minimum Gasteiger partial charge on any atom is -0.466 e. The van der Waals surface area contributed by atoms with Gasteiger partial charge >= 0.3 is 5.97 Å². The van der Waals surface area contributed by atoms with Gasteiger partial charge in [-0.05, 0) is 51.4 Å². The Labute approximate surface area is 368 Å². The molecule has 3 N–H and O–H groups in total. The second kappa shape index (κ2) is 49.3. The van der Waals surface area contributed by atoms with E-state index in [0.29, 0.717) is 25.9 Å². The highest BCUT2D eigenvalue weighted by Gasteiger charge is 2.20. The van der Waals surface area contributed by atoms with E-state index in [0.717, 1.165) is 38.5 Å². The number of hydrogen-bond donors (Lipinski definition) is 3. The van der Waals surface area contributed by atoms with Gasteiger partial charge in [-0.3, -0.25) is 9.59 Å². The standard InChI is InChI=1S/C53H103NO5/c1-3-5-7-9-11-13-26-31-35-39-43-47-53(58)59-48-44-40-36-32-28-25-23-21-19-17-15-16-18-20-22-24-27-30-34-38-42-46-52(57)54-50(49-55)51(56)45-41-37-33-29-14-12-10-8-6-4-2/h16,18,50-51,55-56H,3-15,17,19-49H2,1-2H3,(H,54,57)/b18-16-. The molecule has 2 unspecified atom stereocenters. The number of aliphatic hydroxyl groups excluding tert-OH is 2. The Balaban J connectivity index is 3.40. The lowest BCUT2D eigenvalue weighted by Gasteiger charge is -2.22. The van der Waals surface area contributed by atoms with E-state index in [-0.39, 0.29) is 18.5 Å². The molecule has 6 heteroatoms. The van der Waals surface area contributed by atoms with E-state index >= 15 is 0 Å². The van der Waals surface area contributed by atoms with Crippen molar-refractivity contribution in [1.29, 1.82) is 0 Å². The fraction of sp³-hybridized carbons (Fsp3) is 0.925. The maximum atomic E-state index is 12.4. The van der Waals surface area contributed by atoms with Crippen molar-refractivity contribution < 1.29 is 24.5 Å². The highest BCUT2D eigenvalue weighted by Crippen LogP contribution is 2.16. The van der Waals surface area contributed by atoms with E-state index in [4.69, 9.17) is 4.74 Å². The first-order valence-electron chi connectivity index (χ1n) is 26.4. The molecule has 1 amide bonds. The molecule has 0 rings (SSSR count). The Morgan fingerprint density at radius 1 is 0.458 bits per heavy atom. The molecule has 0 aromatic rings. The summed E-state index contributed by atoms with van der Waals surface area (Å²) in [7, 11) is 0. The zero-order valence-electron chi connectivity index (χ0n) is 39.7. The van der Waals surface area contributed by atoms with Crippen molar-refractivity contribution in [2.45, 2.75) is 302 Å². The van der Waals surface area contributed by atoms with Crippen LogP contribution in [0.4, 0.5) is 0 Å². The van der Waals surface area contributed by atoms with Crippen LogP contribution in [0.5, 0.6) is 0 Å². The third-order valence-corrected chi connectivity index (χ3v) is 12.3. The maximum absolute atomic E-state index is 12.4. The molecule has 0 aromatic heterocycles. The highest BCUT2D eigenvalue weighted by atomic mass is 16.5. The van der Waals surface area contributed by atoms with Gasteiger partial charge in [-0.2, -0.15) is 0 Å². The Bertz CT molecular complexity index is 878. The van der Waals surface area contributed by atoms with Crippen molar-refractivity contribution in [1.82, 2.24) is 5.32 Å². The van der Waals surface area contributed by atoms with Crippen LogP contribution in [0, 0.1) is 0 Å². The topological polar surface area (TPSA) is 95.9 Å². The van der Waals surface area contributed by atoms with Crippen LogP contribution in [0.25, 0.3) is 0 Å². The molecule has 59 heavy (non-hydrogen) atoms. The molecule has 0 aliphatic rings. The fourth-order valence-electron chi connectivity index (χ4n) is 8.22. The molecule has 0 bridgehead atoms. The third-order valence-electron chi connectivity index (χ3n) is 12.3. The van der Waals surface area contributed by atoms with Crippen molar-refractivity contribution in [3.8, 4) is 0 Å². The lowest BCUT2D eigenvalue weighted by Crippen LogP contribution is -2.45. The van der Waals surface area contributed by atoms with Crippen LogP contribution in [-0.4, -0.2) is 47.4 Å². The summed E-state index contributed by atoms with van der Waals surface area (Å²) in [5.74, 6) is -0.0361. The first-order valence-corrected chi connectivity index (χ1v) is 26.4. The number of ether oxygens (including phenoxy) is 1. The van der Waals surface area contributed by atoms with Gasteiger partial charge in [0.1, 0.15) is 0 Å². The molecule has 0 saturated heterocycles. The molecule has 0 radical (unpaired) electrons. The maximum Gasteiger partial charge on any atom is 0.305 e. The average molecular weight is 834 g/mol. The number of carbonyl (C=O) groups excluding carboxylic acids is 2. The average Bonchev–Trinajstić information content (AvgIpc) is 3.24. The number of aliphatic hydroxyl groups is 2. The van der Waals surface area contributed by atoms with E-state index in [1.54, 1.807) is 0 Å². The van der Waals surface area contributed by atoms with Gasteiger partial charge in [-0.25, -0.2) is 0 Å². The number of esters is 1. The number of hydrogen-bond acceptors (Lipinski definition) is 5. The lowest BCUT2D eigenvalue weighted by atomic mass is 10.0. The molecule has 6 nitrogen and oxygen atoms in total. The molecular formula is C53H103NO5. The van der Waals surface area contributed by atoms with Crippen molar-refractivity contribution in [2.24, 2.45) is 0 Å². The summed E-state index contributed by atoms with van der Waals surface area (Å²) in [6.07, 6.45) is 56.2. The summed E-state index contributed by atoms with van der Waals surface area (Å²) in [4.78, 5) is 24.4. The van der Waals surface area contributed by atoms with Gasteiger partial charge in [0.05, 0.1) is 25.4 Å². The molecule has 0 aliphatic carbocycles. The Morgan fingerprint density at radius 2 is 0.797 bits per heavy atom. The molecular weight excluding hydrogens is 731 g/mol. The van der Waals surface area contributed by atoms with Crippen LogP contribution in [0.1, 0.15) is 290 Å². The number of nitrogens with one attached hydrogen (secondary N) is 1. The van der Waals surface area contributed by atoms with Crippen LogP contribution < -0.4 is 5.32 Å². The van der Waals surface area contributed by atoms with Gasteiger partial charge in [0.25, 0.3) is 0 Å². The largest absolute Gasteiger partial charge is 0.466 e. The Morgan fingerprint density at radius 3 is 1.20 bits per heavy atom. The predicted octanol–water partition coefficient (Wildman–Crippen LogP) is 15.7. The molecule has 350 valence electrons. The van der Waals surface area contributed by atoms with E-state index in [9.17, 15) is 19.8 Å². The summed E-state index contributed by atoms with van der Waals surface area (Å²) in [5.41, 5.74) is 0. The van der Waals surface area contributed by atoms with Gasteiger partial charge in [-0.15, -0.1) is 0 Å². The van der Waals surface area contributed by atoms with E-state index in [1.807, 2.05) is 0 Å². The monoisotopic (exact) mass is 834 g/mol. The van der Waals surface area contributed by atoms with E-state index in [1.165, 1.54) is 218 Å². The SMILES string of the molecule is CCCCCCCCCCCCCC(=O)OCCCCCCCCCCCC/C=C\CCCCCCCCCC(=O)NC(CO)C(O)CCCCCCCCCCCC. The minimum atomic E-state index is -0.666. The second-order valence-corrected chi connectivity index (χ2v) is 18.2. The van der Waals surface area contributed by atoms with Crippen LogP contribution in [0.15, 0.2) is 12.2 Å². The predicted molar refractivity (Wildman–Crippen MR) is 255 cm³/mol. The van der Waals surface area contributed by atoms with Crippen molar-refractivity contribution in [3.05, 3.63) is 12.2 Å². The zero-order valence-corrected chi connectivity index (χ0v) is 39.7. The van der Waals surface area contributed by atoms with Crippen LogP contribution in [0.2, 0.25) is 0 Å². The highest BCUT2D eigenvalue weighted by molar-refractivity contribution is 5.76. The van der Waals surface area contributed by atoms with Crippen LogP contribution in [-0.2, 0) is 14.3 Å². The van der Waals surface area contributed by atoms with Crippen LogP contribution in [0.3, 0.4) is 0 Å². The lowest BCUT2D eigenvalue weighted by molar-refractivity contribution is -0.143. The quantitative estimate of drug-likeness (QED) is 0.0322. The van der Waals surface area contributed by atoms with Crippen molar-refractivity contribution in [2.75, 3.05) is 13.2 Å². The number of rotatable bonds is 49. The summed E-state index contributed by atoms with van der Waals surface area (Å²) in [6.45, 7) is 4.93. The molecule has 0 fully saturated rings. The molecule has 2 atom stereocenters. The molecule has 0 saturated carbocycles. The second-order valence-electron chi connectivity index (χ2n) is 18.2. The zero-order chi connectivity index (χ0) is 43.0. The molecule has 0 heterocycles. The smallest absolute Gasteiger partial charge is 0.305 e. The summed E-state index contributed by atoms with van der Waals surface area (Å²) >= 11 is 0. The van der Waals surface area contributed by atoms with E-state index in [2.05, 4.69) is 31.3 Å². The minimum absolute atomic E-state index is 0.00783. The summed E-state index contributed by atoms with van der Waals surface area (Å²) in [6, 6.07) is -0.544. The summed E-state index contributed by atoms with van der Waals surface area (Å²) in [5, 5.41) is 23.1. The number of unbranched alkanes of at least 4 members (excludes halogenated alkanes) is 36. The first kappa shape index (κ1) is 57.6. The molecule has 0 aromatic carbocycles. The van der Waals surface area contributed by atoms with Gasteiger partial charge in [0.15, 0.2) is 0 Å². The van der Waals surface area contributed by atoms with Gasteiger partial charge in [0, 0.05) is 12.8 Å². The fourth-order valence-corrected chi connectivity index (χ4v) is 8.22. The van der Waals surface area contributed by atoms with Gasteiger partial charge in [-0.1, -0.05) is 238 Å². The Hall–Kier alpha value is -1.40.